The molecule has 44 heavy (non-hydrogen) atoms. The van der Waals surface area contributed by atoms with E-state index in [2.05, 4.69) is 17.6 Å². The molecule has 238 valence electrons. The number of unbranched alkanes of at least 4 members (excludes halogenated alkanes) is 5. The van der Waals surface area contributed by atoms with Gasteiger partial charge in [-0.15, -0.1) is 0 Å². The maximum absolute atomic E-state index is 14.5. The van der Waals surface area contributed by atoms with Gasteiger partial charge in [-0.3, -0.25) is 9.59 Å². The number of anilines is 1. The number of amides is 3. The van der Waals surface area contributed by atoms with E-state index in [0.29, 0.717) is 12.2 Å². The Labute approximate surface area is 263 Å². The van der Waals surface area contributed by atoms with Gasteiger partial charge in [-0.25, -0.2) is 4.79 Å². The fourth-order valence-corrected chi connectivity index (χ4v) is 5.35. The summed E-state index contributed by atoms with van der Waals surface area (Å²) in [6.07, 6.45) is 5.58. The van der Waals surface area contributed by atoms with Crippen molar-refractivity contribution < 1.29 is 19.1 Å². The smallest absolute Gasteiger partial charge is 0.408 e. The number of hydrogen-bond acceptors (Lipinski definition) is 4. The van der Waals surface area contributed by atoms with Gasteiger partial charge in [-0.1, -0.05) is 113 Å². The fourth-order valence-electron chi connectivity index (χ4n) is 5.35. The fraction of sp³-hybridized carbons (Fsp3) is 0.486. The van der Waals surface area contributed by atoms with Crippen molar-refractivity contribution in [2.24, 2.45) is 5.92 Å². The third-order valence-electron chi connectivity index (χ3n) is 7.58. The van der Waals surface area contributed by atoms with Crippen LogP contribution in [0.3, 0.4) is 0 Å². The molecule has 0 fully saturated rings. The van der Waals surface area contributed by atoms with Gasteiger partial charge in [0.25, 0.3) is 5.91 Å². The highest BCUT2D eigenvalue weighted by atomic mass is 16.6. The molecule has 2 N–H and O–H groups in total. The molecular formula is C37H51N3O4. The van der Waals surface area contributed by atoms with Crippen LogP contribution in [-0.4, -0.2) is 41.0 Å². The van der Waals surface area contributed by atoms with Crippen LogP contribution in [0.25, 0.3) is 10.8 Å². The van der Waals surface area contributed by atoms with E-state index in [-0.39, 0.29) is 17.7 Å². The zero-order valence-electron chi connectivity index (χ0n) is 27.6. The summed E-state index contributed by atoms with van der Waals surface area (Å²) in [6.45, 7) is 13.7. The lowest BCUT2D eigenvalue weighted by Gasteiger charge is -2.36. The molecule has 0 saturated heterocycles. The van der Waals surface area contributed by atoms with Crippen molar-refractivity contribution in [2.45, 2.75) is 105 Å². The van der Waals surface area contributed by atoms with Crippen LogP contribution in [0.15, 0.2) is 66.7 Å². The predicted octanol–water partition coefficient (Wildman–Crippen LogP) is 8.57. The van der Waals surface area contributed by atoms with E-state index in [1.54, 1.807) is 25.7 Å². The SMILES string of the molecule is CCCCCCCCN(C(=O)C(NC(=O)OC(C)(C)C)C(C)C)C(C(=O)Nc1ccc2ccccc2c1)c1cccc(C)c1. The Bertz CT molecular complexity index is 1390. The van der Waals surface area contributed by atoms with Gasteiger partial charge in [-0.2, -0.15) is 0 Å². The average molecular weight is 602 g/mol. The molecule has 0 bridgehead atoms. The number of ether oxygens (including phenoxy) is 1. The summed E-state index contributed by atoms with van der Waals surface area (Å²) in [5, 5.41) is 8.01. The first-order chi connectivity index (χ1) is 20.9. The Morgan fingerprint density at radius 2 is 1.52 bits per heavy atom. The number of nitrogens with zero attached hydrogens (tertiary/aromatic N) is 1. The molecule has 2 unspecified atom stereocenters. The first kappa shape index (κ1) is 34.6. The van der Waals surface area contributed by atoms with Crippen LogP contribution in [-0.2, 0) is 14.3 Å². The van der Waals surface area contributed by atoms with E-state index in [0.717, 1.165) is 54.0 Å². The largest absolute Gasteiger partial charge is 0.444 e. The minimum Gasteiger partial charge on any atom is -0.444 e. The van der Waals surface area contributed by atoms with E-state index in [1.807, 2.05) is 87.5 Å². The lowest BCUT2D eigenvalue weighted by molar-refractivity contribution is -0.141. The minimum atomic E-state index is -0.897. The number of fused-ring (bicyclic) bond motifs is 1. The lowest BCUT2D eigenvalue weighted by atomic mass is 9.97. The highest BCUT2D eigenvalue weighted by Crippen LogP contribution is 2.28. The second-order valence-corrected chi connectivity index (χ2v) is 13.0. The van der Waals surface area contributed by atoms with Crippen LogP contribution in [0.2, 0.25) is 0 Å². The lowest BCUT2D eigenvalue weighted by Crippen LogP contribution is -2.54. The monoisotopic (exact) mass is 601 g/mol. The molecular weight excluding hydrogens is 550 g/mol. The normalized spacial score (nSPS) is 12.9. The molecule has 0 heterocycles. The van der Waals surface area contributed by atoms with Gasteiger partial charge in [-0.05, 0) is 68.5 Å². The summed E-state index contributed by atoms with van der Waals surface area (Å²) >= 11 is 0. The summed E-state index contributed by atoms with van der Waals surface area (Å²) < 4.78 is 5.51. The van der Waals surface area contributed by atoms with Crippen molar-refractivity contribution in [2.75, 3.05) is 11.9 Å². The minimum absolute atomic E-state index is 0.233. The summed E-state index contributed by atoms with van der Waals surface area (Å²) in [5.74, 6) is -0.839. The molecule has 0 radical (unpaired) electrons. The Balaban J connectivity index is 2.00. The van der Waals surface area contributed by atoms with Crippen molar-refractivity contribution in [1.82, 2.24) is 10.2 Å². The number of benzene rings is 3. The standard InChI is InChI=1S/C37H51N3O4/c1-8-9-10-11-12-15-23-40(35(42)32(26(2)3)39-36(43)44-37(5,6)7)33(30-20-16-17-27(4)24-30)34(41)38-31-22-21-28-18-13-14-19-29(28)25-31/h13-14,16-22,24-26,32-33H,8-12,15,23H2,1-7H3,(H,38,41)(H,39,43). The highest BCUT2D eigenvalue weighted by Gasteiger charge is 2.37. The summed E-state index contributed by atoms with van der Waals surface area (Å²) in [6, 6.07) is 19.8. The number of alkyl carbamates (subject to hydrolysis) is 1. The zero-order valence-corrected chi connectivity index (χ0v) is 27.6. The first-order valence-electron chi connectivity index (χ1n) is 16.1. The number of aryl methyl sites for hydroxylation is 1. The third kappa shape index (κ3) is 10.4. The van der Waals surface area contributed by atoms with Crippen molar-refractivity contribution >= 4 is 34.4 Å². The predicted molar refractivity (Wildman–Crippen MR) is 180 cm³/mol. The number of carbonyl (C=O) groups excluding carboxylic acids is 3. The molecule has 7 heteroatoms. The van der Waals surface area contributed by atoms with Crippen molar-refractivity contribution in [3.63, 3.8) is 0 Å². The van der Waals surface area contributed by atoms with Gasteiger partial charge < -0.3 is 20.3 Å². The molecule has 3 aromatic rings. The molecule has 0 aliphatic rings. The second-order valence-electron chi connectivity index (χ2n) is 13.0. The van der Waals surface area contributed by atoms with Gasteiger partial charge >= 0.3 is 6.09 Å². The average Bonchev–Trinajstić information content (AvgIpc) is 2.95. The maximum Gasteiger partial charge on any atom is 0.408 e. The number of hydrogen-bond donors (Lipinski definition) is 2. The summed E-state index contributed by atoms with van der Waals surface area (Å²) in [4.78, 5) is 43.2. The van der Waals surface area contributed by atoms with E-state index < -0.39 is 23.8 Å². The Morgan fingerprint density at radius 1 is 0.841 bits per heavy atom. The van der Waals surface area contributed by atoms with Crippen LogP contribution in [0.1, 0.15) is 97.2 Å². The molecule has 0 saturated carbocycles. The topological polar surface area (TPSA) is 87.7 Å². The highest BCUT2D eigenvalue weighted by molar-refractivity contribution is 6.00. The first-order valence-corrected chi connectivity index (χ1v) is 16.1. The molecule has 2 atom stereocenters. The molecule has 3 amide bonds. The number of carbonyl (C=O) groups is 3. The van der Waals surface area contributed by atoms with Gasteiger partial charge in [0.1, 0.15) is 17.7 Å². The van der Waals surface area contributed by atoms with Crippen molar-refractivity contribution in [3.05, 3.63) is 77.9 Å². The zero-order chi connectivity index (χ0) is 32.3. The molecule has 0 spiro atoms. The maximum atomic E-state index is 14.5. The number of rotatable bonds is 14. The van der Waals surface area contributed by atoms with E-state index in [1.165, 1.54) is 6.42 Å². The van der Waals surface area contributed by atoms with Crippen LogP contribution < -0.4 is 10.6 Å². The van der Waals surface area contributed by atoms with E-state index >= 15 is 0 Å². The molecule has 0 aromatic heterocycles. The number of nitrogens with one attached hydrogen (secondary N) is 2. The quantitative estimate of drug-likeness (QED) is 0.181. The molecule has 7 nitrogen and oxygen atoms in total. The van der Waals surface area contributed by atoms with Crippen LogP contribution >= 0.6 is 0 Å². The van der Waals surface area contributed by atoms with E-state index in [9.17, 15) is 14.4 Å². The van der Waals surface area contributed by atoms with Crippen LogP contribution in [0, 0.1) is 12.8 Å². The van der Waals surface area contributed by atoms with E-state index in [4.69, 9.17) is 4.74 Å². The van der Waals surface area contributed by atoms with Crippen molar-refractivity contribution in [3.8, 4) is 0 Å². The molecule has 0 aliphatic heterocycles. The van der Waals surface area contributed by atoms with Crippen LogP contribution in [0.5, 0.6) is 0 Å². The summed E-state index contributed by atoms with van der Waals surface area (Å²) in [5.41, 5.74) is 1.66. The second kappa shape index (κ2) is 16.3. The van der Waals surface area contributed by atoms with Crippen molar-refractivity contribution in [1.29, 1.82) is 0 Å². The van der Waals surface area contributed by atoms with Gasteiger partial charge in [0.05, 0.1) is 0 Å². The molecule has 3 rings (SSSR count). The molecule has 0 aliphatic carbocycles. The Kier molecular flexibility index (Phi) is 12.8. The van der Waals surface area contributed by atoms with Gasteiger partial charge in [0.15, 0.2) is 0 Å². The molecule has 3 aromatic carbocycles. The van der Waals surface area contributed by atoms with Gasteiger partial charge in [0, 0.05) is 12.2 Å². The van der Waals surface area contributed by atoms with Gasteiger partial charge in [0.2, 0.25) is 5.91 Å². The summed E-state index contributed by atoms with van der Waals surface area (Å²) in [7, 11) is 0. The van der Waals surface area contributed by atoms with Crippen LogP contribution in [0.4, 0.5) is 10.5 Å². The Hall–Kier alpha value is -3.87. The Morgan fingerprint density at radius 3 is 2.18 bits per heavy atom. The third-order valence-corrected chi connectivity index (χ3v) is 7.58.